The minimum Gasteiger partial charge on any atom is -0.366 e. The average Bonchev–Trinajstić information content (AvgIpc) is 2.14. The highest BCUT2D eigenvalue weighted by Gasteiger charge is 2.44. The second-order valence-electron chi connectivity index (χ2n) is 4.37. The van der Waals surface area contributed by atoms with Crippen molar-refractivity contribution in [2.75, 3.05) is 0 Å². The van der Waals surface area contributed by atoms with Crippen molar-refractivity contribution in [3.05, 3.63) is 0 Å². The van der Waals surface area contributed by atoms with Crippen LogP contribution in [0, 0.1) is 0 Å². The van der Waals surface area contributed by atoms with Crippen LogP contribution < -0.4 is 0 Å². The number of halogens is 1. The molecule has 0 aromatic carbocycles. The van der Waals surface area contributed by atoms with Crippen molar-refractivity contribution in [1.29, 1.82) is 0 Å². The van der Waals surface area contributed by atoms with Gasteiger partial charge in [-0.05, 0) is 27.7 Å². The fourth-order valence-electron chi connectivity index (χ4n) is 1.33. The van der Waals surface area contributed by atoms with Crippen molar-refractivity contribution in [3.63, 3.8) is 0 Å². The molecule has 4 atom stereocenters. The highest BCUT2D eigenvalue weighted by Crippen LogP contribution is 2.28. The summed E-state index contributed by atoms with van der Waals surface area (Å²) in [6, 6.07) is 0. The number of hydrogen-bond donors (Lipinski definition) is 1. The van der Waals surface area contributed by atoms with E-state index in [0.717, 1.165) is 0 Å². The first-order valence-electron chi connectivity index (χ1n) is 4.46. The number of hydrogen-bond acceptors (Lipinski definition) is 3. The number of aliphatic hydroxyl groups is 1. The van der Waals surface area contributed by atoms with Gasteiger partial charge in [0.1, 0.15) is 6.10 Å². The standard InChI is InChI=1S/C9H17FO3/c1-5-6(10)7(8(11)12-5)13-9(2,3)4/h5-8,11H,1-4H3. The number of aliphatic hydroxyl groups excluding tert-OH is 1. The van der Waals surface area contributed by atoms with Crippen molar-refractivity contribution in [2.24, 2.45) is 0 Å². The van der Waals surface area contributed by atoms with Gasteiger partial charge in [0.05, 0.1) is 11.7 Å². The molecule has 0 aliphatic carbocycles. The van der Waals surface area contributed by atoms with Crippen LogP contribution in [0.25, 0.3) is 0 Å². The van der Waals surface area contributed by atoms with Gasteiger partial charge in [0, 0.05) is 0 Å². The average molecular weight is 192 g/mol. The summed E-state index contributed by atoms with van der Waals surface area (Å²) in [5, 5.41) is 9.31. The van der Waals surface area contributed by atoms with Crippen molar-refractivity contribution in [1.82, 2.24) is 0 Å². The topological polar surface area (TPSA) is 38.7 Å². The molecule has 0 radical (unpaired) electrons. The van der Waals surface area contributed by atoms with Crippen molar-refractivity contribution >= 4 is 0 Å². The molecule has 0 spiro atoms. The van der Waals surface area contributed by atoms with Gasteiger partial charge in [-0.25, -0.2) is 4.39 Å². The van der Waals surface area contributed by atoms with Crippen LogP contribution in [0.1, 0.15) is 27.7 Å². The molecule has 1 heterocycles. The number of ether oxygens (including phenoxy) is 2. The Labute approximate surface area is 77.8 Å². The normalized spacial score (nSPS) is 41.1. The van der Waals surface area contributed by atoms with E-state index in [1.54, 1.807) is 6.92 Å². The summed E-state index contributed by atoms with van der Waals surface area (Å²) in [7, 11) is 0. The summed E-state index contributed by atoms with van der Waals surface area (Å²) in [5.41, 5.74) is -0.469. The van der Waals surface area contributed by atoms with E-state index in [1.165, 1.54) is 0 Å². The molecule has 1 aliphatic rings. The van der Waals surface area contributed by atoms with Gasteiger partial charge in [-0.15, -0.1) is 0 Å². The Morgan fingerprint density at radius 2 is 1.92 bits per heavy atom. The highest BCUT2D eigenvalue weighted by molar-refractivity contribution is 4.86. The Bertz CT molecular complexity index is 178. The molecule has 0 aromatic rings. The van der Waals surface area contributed by atoms with E-state index in [2.05, 4.69) is 0 Å². The summed E-state index contributed by atoms with van der Waals surface area (Å²) in [5.74, 6) is 0. The zero-order chi connectivity index (χ0) is 10.2. The number of alkyl halides is 1. The lowest BCUT2D eigenvalue weighted by atomic mass is 10.1. The lowest BCUT2D eigenvalue weighted by Crippen LogP contribution is -2.38. The van der Waals surface area contributed by atoms with Crippen LogP contribution in [0.3, 0.4) is 0 Å². The first kappa shape index (κ1) is 10.9. The molecule has 1 N–H and O–H groups in total. The lowest BCUT2D eigenvalue weighted by Gasteiger charge is -2.26. The van der Waals surface area contributed by atoms with Crippen LogP contribution in [-0.4, -0.2) is 35.4 Å². The molecule has 0 aromatic heterocycles. The van der Waals surface area contributed by atoms with E-state index >= 15 is 0 Å². The van der Waals surface area contributed by atoms with Gasteiger partial charge in [0.25, 0.3) is 0 Å². The molecule has 4 heteroatoms. The Kier molecular flexibility index (Phi) is 2.95. The van der Waals surface area contributed by atoms with Crippen LogP contribution in [0.5, 0.6) is 0 Å². The Morgan fingerprint density at radius 1 is 1.38 bits per heavy atom. The van der Waals surface area contributed by atoms with Crippen LogP contribution in [0.2, 0.25) is 0 Å². The predicted octanol–water partition coefficient (Wildman–Crippen LogP) is 1.25. The third-order valence-electron chi connectivity index (χ3n) is 1.89. The molecule has 4 unspecified atom stereocenters. The Morgan fingerprint density at radius 3 is 2.23 bits per heavy atom. The zero-order valence-corrected chi connectivity index (χ0v) is 8.45. The second kappa shape index (κ2) is 3.52. The largest absolute Gasteiger partial charge is 0.366 e. The van der Waals surface area contributed by atoms with E-state index in [0.29, 0.717) is 0 Å². The van der Waals surface area contributed by atoms with Crippen LogP contribution >= 0.6 is 0 Å². The molecule has 1 fully saturated rings. The maximum atomic E-state index is 13.4. The van der Waals surface area contributed by atoms with Gasteiger partial charge >= 0.3 is 0 Å². The summed E-state index contributed by atoms with van der Waals surface area (Å²) < 4.78 is 23.6. The Hall–Kier alpha value is -0.190. The van der Waals surface area contributed by atoms with Crippen molar-refractivity contribution < 1.29 is 19.0 Å². The minimum absolute atomic E-state index is 0.469. The molecule has 1 aliphatic heterocycles. The minimum atomic E-state index is -1.26. The molecule has 13 heavy (non-hydrogen) atoms. The fourth-order valence-corrected chi connectivity index (χ4v) is 1.33. The first-order valence-corrected chi connectivity index (χ1v) is 4.46. The predicted molar refractivity (Wildman–Crippen MR) is 46.1 cm³/mol. The van der Waals surface area contributed by atoms with E-state index < -0.39 is 30.3 Å². The van der Waals surface area contributed by atoms with Gasteiger partial charge in [-0.3, -0.25) is 0 Å². The SMILES string of the molecule is CC1OC(O)C(OC(C)(C)C)C1F. The summed E-state index contributed by atoms with van der Waals surface area (Å²) in [4.78, 5) is 0. The van der Waals surface area contributed by atoms with E-state index in [-0.39, 0.29) is 0 Å². The molecular formula is C9H17FO3. The maximum absolute atomic E-state index is 13.4. The molecule has 1 saturated heterocycles. The first-order chi connectivity index (χ1) is 5.81. The molecule has 0 saturated carbocycles. The van der Waals surface area contributed by atoms with Gasteiger partial charge in [-0.1, -0.05) is 0 Å². The summed E-state index contributed by atoms with van der Waals surface area (Å²) >= 11 is 0. The molecule has 78 valence electrons. The van der Waals surface area contributed by atoms with Gasteiger partial charge in [0.2, 0.25) is 0 Å². The zero-order valence-electron chi connectivity index (χ0n) is 8.45. The van der Waals surface area contributed by atoms with E-state index in [1.807, 2.05) is 20.8 Å². The summed E-state index contributed by atoms with van der Waals surface area (Å²) in [6.45, 7) is 7.03. The molecule has 0 bridgehead atoms. The van der Waals surface area contributed by atoms with Crippen LogP contribution in [-0.2, 0) is 9.47 Å². The van der Waals surface area contributed by atoms with E-state index in [9.17, 15) is 9.50 Å². The number of rotatable bonds is 1. The third kappa shape index (κ3) is 2.62. The molecular weight excluding hydrogens is 175 g/mol. The van der Waals surface area contributed by atoms with Gasteiger partial charge in [0.15, 0.2) is 12.5 Å². The fraction of sp³-hybridized carbons (Fsp3) is 1.00. The lowest BCUT2D eigenvalue weighted by molar-refractivity contribution is -0.171. The van der Waals surface area contributed by atoms with Crippen molar-refractivity contribution in [2.45, 2.75) is 58.0 Å². The monoisotopic (exact) mass is 192 g/mol. The van der Waals surface area contributed by atoms with Crippen molar-refractivity contribution in [3.8, 4) is 0 Å². The quantitative estimate of drug-likeness (QED) is 0.679. The van der Waals surface area contributed by atoms with Gasteiger partial charge < -0.3 is 14.6 Å². The van der Waals surface area contributed by atoms with E-state index in [4.69, 9.17) is 9.47 Å². The second-order valence-corrected chi connectivity index (χ2v) is 4.37. The van der Waals surface area contributed by atoms with Crippen LogP contribution in [0.15, 0.2) is 0 Å². The smallest absolute Gasteiger partial charge is 0.184 e. The maximum Gasteiger partial charge on any atom is 0.184 e. The van der Waals surface area contributed by atoms with Crippen LogP contribution in [0.4, 0.5) is 4.39 Å². The Balaban J connectivity index is 2.59. The molecule has 0 amide bonds. The van der Waals surface area contributed by atoms with Gasteiger partial charge in [-0.2, -0.15) is 0 Å². The third-order valence-corrected chi connectivity index (χ3v) is 1.89. The molecule has 1 rings (SSSR count). The molecule has 3 nitrogen and oxygen atoms in total. The highest BCUT2D eigenvalue weighted by atomic mass is 19.1. The summed E-state index contributed by atoms with van der Waals surface area (Å²) in [6.07, 6.45) is -3.87.